The smallest absolute Gasteiger partial charge is 0.120 e. The Morgan fingerprint density at radius 2 is 1.63 bits per heavy atom. The number of aromatic hydroxyl groups is 1. The summed E-state index contributed by atoms with van der Waals surface area (Å²) in [7, 11) is 0. The summed E-state index contributed by atoms with van der Waals surface area (Å²) in [4.78, 5) is 6.95. The first-order chi connectivity index (χ1) is 14.7. The summed E-state index contributed by atoms with van der Waals surface area (Å²) in [5.41, 5.74) is 5.99. The van der Waals surface area contributed by atoms with Crippen molar-refractivity contribution in [3.05, 3.63) is 84.6 Å². The number of para-hydroxylation sites is 1. The van der Waals surface area contributed by atoms with E-state index in [2.05, 4.69) is 47.2 Å². The number of rotatable bonds is 7. The zero-order valence-corrected chi connectivity index (χ0v) is 17.5. The van der Waals surface area contributed by atoms with Gasteiger partial charge in [-0.3, -0.25) is 9.88 Å². The normalized spacial score (nSPS) is 11.2. The molecule has 0 saturated heterocycles. The standard InChI is InChI=1S/C26H27N3O/c1-3-29(4-2)18-20-16-21(14-15-25(20)30)28-26-22-12-8-9-13-24(22)27-17-23(26)19-10-6-5-7-11-19/h5-17,30H,3-4,18H2,1-2H3,(H,27,28). The Hall–Kier alpha value is -3.37. The average molecular weight is 398 g/mol. The Bertz CT molecular complexity index is 1140. The molecule has 0 unspecified atom stereocenters. The second-order valence-electron chi connectivity index (χ2n) is 7.36. The molecule has 4 nitrogen and oxygen atoms in total. The highest BCUT2D eigenvalue weighted by Crippen LogP contribution is 2.36. The van der Waals surface area contributed by atoms with Crippen LogP contribution in [0.5, 0.6) is 5.75 Å². The van der Waals surface area contributed by atoms with Crippen molar-refractivity contribution in [3.63, 3.8) is 0 Å². The minimum Gasteiger partial charge on any atom is -0.508 e. The highest BCUT2D eigenvalue weighted by atomic mass is 16.3. The number of fused-ring (bicyclic) bond motifs is 1. The molecule has 4 aromatic rings. The second kappa shape index (κ2) is 8.97. The lowest BCUT2D eigenvalue weighted by Gasteiger charge is -2.20. The SMILES string of the molecule is CCN(CC)Cc1cc(Nc2c(-c3ccccc3)cnc3ccccc23)ccc1O. The Kier molecular flexibility index (Phi) is 5.96. The van der Waals surface area contributed by atoms with Crippen molar-refractivity contribution in [3.8, 4) is 16.9 Å². The maximum absolute atomic E-state index is 10.4. The summed E-state index contributed by atoms with van der Waals surface area (Å²) >= 11 is 0. The van der Waals surface area contributed by atoms with Crippen molar-refractivity contribution in [1.29, 1.82) is 0 Å². The van der Waals surface area contributed by atoms with Gasteiger partial charge in [-0.25, -0.2) is 0 Å². The summed E-state index contributed by atoms with van der Waals surface area (Å²) in [5, 5.41) is 15.1. The molecule has 152 valence electrons. The zero-order valence-electron chi connectivity index (χ0n) is 17.5. The number of nitrogens with zero attached hydrogens (tertiary/aromatic N) is 2. The molecule has 0 aliphatic heterocycles. The van der Waals surface area contributed by atoms with Gasteiger partial charge in [-0.15, -0.1) is 0 Å². The van der Waals surface area contributed by atoms with Crippen molar-refractivity contribution < 1.29 is 5.11 Å². The molecular weight excluding hydrogens is 370 g/mol. The van der Waals surface area contributed by atoms with Crippen molar-refractivity contribution in [1.82, 2.24) is 9.88 Å². The van der Waals surface area contributed by atoms with E-state index >= 15 is 0 Å². The molecule has 0 saturated carbocycles. The Balaban J connectivity index is 1.78. The van der Waals surface area contributed by atoms with E-state index in [1.54, 1.807) is 6.07 Å². The summed E-state index contributed by atoms with van der Waals surface area (Å²) in [6, 6.07) is 24.2. The van der Waals surface area contributed by atoms with Gasteiger partial charge in [0.1, 0.15) is 5.75 Å². The fourth-order valence-electron chi connectivity index (χ4n) is 3.73. The van der Waals surface area contributed by atoms with E-state index in [4.69, 9.17) is 0 Å². The van der Waals surface area contributed by atoms with Crippen LogP contribution in [0.3, 0.4) is 0 Å². The monoisotopic (exact) mass is 397 g/mol. The lowest BCUT2D eigenvalue weighted by atomic mass is 10.0. The molecule has 3 aromatic carbocycles. The van der Waals surface area contributed by atoms with Crippen molar-refractivity contribution in [2.24, 2.45) is 0 Å². The molecule has 4 heteroatoms. The van der Waals surface area contributed by atoms with E-state index in [-0.39, 0.29) is 0 Å². The Morgan fingerprint density at radius 1 is 0.900 bits per heavy atom. The van der Waals surface area contributed by atoms with Crippen LogP contribution in [0.2, 0.25) is 0 Å². The molecule has 30 heavy (non-hydrogen) atoms. The highest BCUT2D eigenvalue weighted by molar-refractivity contribution is 6.00. The first-order valence-electron chi connectivity index (χ1n) is 10.4. The van der Waals surface area contributed by atoms with Gasteiger partial charge in [0, 0.05) is 34.9 Å². The molecule has 1 heterocycles. The molecular formula is C26H27N3O. The van der Waals surface area contributed by atoms with Gasteiger partial charge in [-0.05, 0) is 42.9 Å². The third kappa shape index (κ3) is 4.14. The van der Waals surface area contributed by atoms with Crippen LogP contribution < -0.4 is 5.32 Å². The van der Waals surface area contributed by atoms with E-state index < -0.39 is 0 Å². The minimum atomic E-state index is 0.329. The van der Waals surface area contributed by atoms with E-state index in [0.29, 0.717) is 5.75 Å². The molecule has 0 aliphatic carbocycles. The van der Waals surface area contributed by atoms with Crippen molar-refractivity contribution in [2.45, 2.75) is 20.4 Å². The van der Waals surface area contributed by atoms with Gasteiger partial charge in [-0.1, -0.05) is 62.4 Å². The van der Waals surface area contributed by atoms with Crippen molar-refractivity contribution >= 4 is 22.3 Å². The number of phenolic OH excluding ortho intramolecular Hbond substituents is 1. The van der Waals surface area contributed by atoms with E-state index in [1.807, 2.05) is 54.7 Å². The summed E-state index contributed by atoms with van der Waals surface area (Å²) in [6.45, 7) is 6.88. The van der Waals surface area contributed by atoms with Crippen LogP contribution in [0, 0.1) is 0 Å². The van der Waals surface area contributed by atoms with Crippen molar-refractivity contribution in [2.75, 3.05) is 18.4 Å². The highest BCUT2D eigenvalue weighted by Gasteiger charge is 2.13. The number of aromatic nitrogens is 1. The summed E-state index contributed by atoms with van der Waals surface area (Å²) in [5.74, 6) is 0.329. The maximum Gasteiger partial charge on any atom is 0.120 e. The van der Waals surface area contributed by atoms with Crippen LogP contribution in [0.4, 0.5) is 11.4 Å². The average Bonchev–Trinajstić information content (AvgIpc) is 2.80. The second-order valence-corrected chi connectivity index (χ2v) is 7.36. The van der Waals surface area contributed by atoms with Gasteiger partial charge in [0.15, 0.2) is 0 Å². The lowest BCUT2D eigenvalue weighted by Crippen LogP contribution is -2.22. The zero-order chi connectivity index (χ0) is 20.9. The number of nitrogens with one attached hydrogen (secondary N) is 1. The van der Waals surface area contributed by atoms with Crippen LogP contribution in [-0.4, -0.2) is 28.1 Å². The third-order valence-electron chi connectivity index (χ3n) is 5.50. The number of hydrogen-bond donors (Lipinski definition) is 2. The van der Waals surface area contributed by atoms with Gasteiger partial charge in [0.2, 0.25) is 0 Å². The number of pyridine rings is 1. The van der Waals surface area contributed by atoms with Crippen LogP contribution in [-0.2, 0) is 6.54 Å². The number of hydrogen-bond acceptors (Lipinski definition) is 4. The molecule has 2 N–H and O–H groups in total. The van der Waals surface area contributed by atoms with E-state index in [9.17, 15) is 5.11 Å². The molecule has 0 amide bonds. The maximum atomic E-state index is 10.4. The molecule has 4 rings (SSSR count). The topological polar surface area (TPSA) is 48.4 Å². The van der Waals surface area contributed by atoms with Crippen LogP contribution in [0.15, 0.2) is 79.0 Å². The molecule has 0 fully saturated rings. The van der Waals surface area contributed by atoms with Crippen LogP contribution in [0.25, 0.3) is 22.0 Å². The van der Waals surface area contributed by atoms with E-state index in [1.165, 1.54) is 0 Å². The number of phenols is 1. The predicted octanol–water partition coefficient (Wildman–Crippen LogP) is 6.19. The van der Waals surface area contributed by atoms with Crippen LogP contribution >= 0.6 is 0 Å². The summed E-state index contributed by atoms with van der Waals surface area (Å²) in [6.07, 6.45) is 1.93. The molecule has 1 aromatic heterocycles. The van der Waals surface area contributed by atoms with Gasteiger partial charge in [-0.2, -0.15) is 0 Å². The molecule has 0 atom stereocenters. The Labute approximate surface area is 177 Å². The fraction of sp³-hybridized carbons (Fsp3) is 0.192. The summed E-state index contributed by atoms with van der Waals surface area (Å²) < 4.78 is 0. The van der Waals surface area contributed by atoms with Gasteiger partial charge in [0.05, 0.1) is 11.2 Å². The van der Waals surface area contributed by atoms with Crippen LogP contribution in [0.1, 0.15) is 19.4 Å². The number of anilines is 2. The molecule has 0 aliphatic rings. The molecule has 0 radical (unpaired) electrons. The van der Waals surface area contributed by atoms with Gasteiger partial charge in [0.25, 0.3) is 0 Å². The molecule has 0 spiro atoms. The Morgan fingerprint density at radius 3 is 2.40 bits per heavy atom. The largest absolute Gasteiger partial charge is 0.508 e. The fourth-order valence-corrected chi connectivity index (χ4v) is 3.73. The molecule has 0 bridgehead atoms. The lowest BCUT2D eigenvalue weighted by molar-refractivity contribution is 0.291. The van der Waals surface area contributed by atoms with Gasteiger partial charge >= 0.3 is 0 Å². The van der Waals surface area contributed by atoms with Gasteiger partial charge < -0.3 is 10.4 Å². The number of benzene rings is 3. The first kappa shape index (κ1) is 19.9. The van der Waals surface area contributed by atoms with E-state index in [0.717, 1.165) is 58.6 Å². The third-order valence-corrected chi connectivity index (χ3v) is 5.50. The minimum absolute atomic E-state index is 0.329. The quantitative estimate of drug-likeness (QED) is 0.365. The first-order valence-corrected chi connectivity index (χ1v) is 10.4. The predicted molar refractivity (Wildman–Crippen MR) is 125 cm³/mol.